The summed E-state index contributed by atoms with van der Waals surface area (Å²) in [7, 11) is -2.04. The number of sulfonamides is 1. The third-order valence-corrected chi connectivity index (χ3v) is 4.82. The van der Waals surface area contributed by atoms with Gasteiger partial charge < -0.3 is 9.47 Å². The molecule has 1 aromatic heterocycles. The Balaban J connectivity index is 2.35. The molecule has 0 spiro atoms. The van der Waals surface area contributed by atoms with E-state index in [1.807, 2.05) is 0 Å². The smallest absolute Gasteiger partial charge is 0.243 e. The molecule has 0 aromatic carbocycles. The molecule has 0 bridgehead atoms. The van der Waals surface area contributed by atoms with Crippen LogP contribution in [0.2, 0.25) is 5.15 Å². The SMILES string of the molecule is COCCOCCCCNS(=O)(=O)c1cc(Br)cnc1Cl. The van der Waals surface area contributed by atoms with Crippen molar-refractivity contribution in [1.29, 1.82) is 0 Å². The molecule has 1 aromatic rings. The van der Waals surface area contributed by atoms with Gasteiger partial charge in [-0.05, 0) is 34.8 Å². The van der Waals surface area contributed by atoms with Crippen molar-refractivity contribution in [3.63, 3.8) is 0 Å². The fourth-order valence-electron chi connectivity index (χ4n) is 1.45. The standard InChI is InChI=1S/C12H18BrClN2O4S/c1-19-6-7-20-5-3-2-4-16-21(17,18)11-8-10(13)9-15-12(11)14/h8-9,16H,2-7H2,1H3. The Bertz CT molecular complexity index is 542. The van der Waals surface area contributed by atoms with Gasteiger partial charge in [-0.25, -0.2) is 18.1 Å². The van der Waals surface area contributed by atoms with Gasteiger partial charge in [0.15, 0.2) is 0 Å². The van der Waals surface area contributed by atoms with Crippen LogP contribution in [-0.4, -0.2) is 46.9 Å². The maximum absolute atomic E-state index is 12.1. The van der Waals surface area contributed by atoms with E-state index in [1.54, 1.807) is 7.11 Å². The second-order valence-electron chi connectivity index (χ2n) is 4.15. The van der Waals surface area contributed by atoms with E-state index in [0.717, 1.165) is 6.42 Å². The predicted molar refractivity (Wildman–Crippen MR) is 84.1 cm³/mol. The summed E-state index contributed by atoms with van der Waals surface area (Å²) < 4.78 is 37.3. The number of aromatic nitrogens is 1. The van der Waals surface area contributed by atoms with Crippen molar-refractivity contribution in [2.24, 2.45) is 0 Å². The number of ether oxygens (including phenoxy) is 2. The Labute approximate surface area is 138 Å². The lowest BCUT2D eigenvalue weighted by Crippen LogP contribution is -2.25. The van der Waals surface area contributed by atoms with Gasteiger partial charge in [-0.15, -0.1) is 0 Å². The van der Waals surface area contributed by atoms with Gasteiger partial charge in [-0.2, -0.15) is 0 Å². The average molecular weight is 402 g/mol. The first-order chi connectivity index (χ1) is 9.97. The van der Waals surface area contributed by atoms with Crippen molar-refractivity contribution in [1.82, 2.24) is 9.71 Å². The third-order valence-electron chi connectivity index (χ3n) is 2.50. The Kier molecular flexibility index (Phi) is 8.69. The fourth-order valence-corrected chi connectivity index (χ4v) is 3.47. The molecule has 0 saturated heterocycles. The Hall–Kier alpha value is -0.250. The second-order valence-corrected chi connectivity index (χ2v) is 7.16. The van der Waals surface area contributed by atoms with Gasteiger partial charge in [0, 0.05) is 30.9 Å². The number of unbranched alkanes of at least 4 members (excludes halogenated alkanes) is 1. The maximum Gasteiger partial charge on any atom is 0.243 e. The Morgan fingerprint density at radius 1 is 1.33 bits per heavy atom. The van der Waals surface area contributed by atoms with Gasteiger partial charge in [0.05, 0.1) is 13.2 Å². The number of hydrogen-bond acceptors (Lipinski definition) is 5. The first-order valence-corrected chi connectivity index (χ1v) is 9.00. The van der Waals surface area contributed by atoms with Gasteiger partial charge in [0.25, 0.3) is 0 Å². The van der Waals surface area contributed by atoms with Gasteiger partial charge >= 0.3 is 0 Å². The van der Waals surface area contributed by atoms with Crippen molar-refractivity contribution >= 4 is 37.6 Å². The van der Waals surface area contributed by atoms with Crippen molar-refractivity contribution in [3.05, 3.63) is 21.9 Å². The minimum atomic E-state index is -3.65. The molecular formula is C12H18BrClN2O4S. The lowest BCUT2D eigenvalue weighted by Gasteiger charge is -2.08. The number of hydrogen-bond donors (Lipinski definition) is 1. The van der Waals surface area contributed by atoms with Gasteiger partial charge in [-0.3, -0.25) is 0 Å². The summed E-state index contributed by atoms with van der Waals surface area (Å²) in [4.78, 5) is 3.77. The topological polar surface area (TPSA) is 77.5 Å². The third kappa shape index (κ3) is 7.03. The van der Waals surface area contributed by atoms with E-state index in [1.165, 1.54) is 12.3 Å². The summed E-state index contributed by atoms with van der Waals surface area (Å²) in [5.74, 6) is 0. The molecule has 0 aliphatic carbocycles. The molecule has 0 aliphatic heterocycles. The van der Waals surface area contributed by atoms with Crippen LogP contribution in [0.25, 0.3) is 0 Å². The summed E-state index contributed by atoms with van der Waals surface area (Å²) in [5.41, 5.74) is 0. The highest BCUT2D eigenvalue weighted by Crippen LogP contribution is 2.22. The zero-order valence-electron chi connectivity index (χ0n) is 11.6. The predicted octanol–water partition coefficient (Wildman–Crippen LogP) is 2.22. The molecule has 9 heteroatoms. The molecule has 0 unspecified atom stereocenters. The Morgan fingerprint density at radius 2 is 2.10 bits per heavy atom. The van der Waals surface area contributed by atoms with E-state index < -0.39 is 10.0 Å². The molecule has 1 heterocycles. The van der Waals surface area contributed by atoms with E-state index in [9.17, 15) is 8.42 Å². The minimum absolute atomic E-state index is 0.0325. The van der Waals surface area contributed by atoms with Crippen LogP contribution in [-0.2, 0) is 19.5 Å². The molecule has 0 aliphatic rings. The first-order valence-electron chi connectivity index (χ1n) is 6.35. The molecule has 6 nitrogen and oxygen atoms in total. The number of nitrogens with zero attached hydrogens (tertiary/aromatic N) is 1. The number of pyridine rings is 1. The van der Waals surface area contributed by atoms with Crippen LogP contribution in [0.5, 0.6) is 0 Å². The maximum atomic E-state index is 12.1. The number of halogens is 2. The Morgan fingerprint density at radius 3 is 2.81 bits per heavy atom. The monoisotopic (exact) mass is 400 g/mol. The summed E-state index contributed by atoms with van der Waals surface area (Å²) in [6.45, 7) is 1.99. The quantitative estimate of drug-likeness (QED) is 0.480. The zero-order valence-corrected chi connectivity index (χ0v) is 14.8. The first kappa shape index (κ1) is 18.8. The van der Waals surface area contributed by atoms with Crippen molar-refractivity contribution in [2.75, 3.05) is 33.5 Å². The van der Waals surface area contributed by atoms with Crippen molar-refractivity contribution in [3.8, 4) is 0 Å². The minimum Gasteiger partial charge on any atom is -0.382 e. The van der Waals surface area contributed by atoms with Crippen LogP contribution in [0.15, 0.2) is 21.6 Å². The van der Waals surface area contributed by atoms with Crippen LogP contribution < -0.4 is 4.72 Å². The highest BCUT2D eigenvalue weighted by atomic mass is 79.9. The number of rotatable bonds is 10. The lowest BCUT2D eigenvalue weighted by atomic mass is 10.3. The lowest BCUT2D eigenvalue weighted by molar-refractivity contribution is 0.0689. The van der Waals surface area contributed by atoms with Crippen LogP contribution in [0.4, 0.5) is 0 Å². The van der Waals surface area contributed by atoms with E-state index in [2.05, 4.69) is 25.6 Å². The largest absolute Gasteiger partial charge is 0.382 e. The second kappa shape index (κ2) is 9.70. The van der Waals surface area contributed by atoms with E-state index in [-0.39, 0.29) is 10.0 Å². The molecule has 0 fully saturated rings. The number of methoxy groups -OCH3 is 1. The summed E-state index contributed by atoms with van der Waals surface area (Å²) in [5, 5.41) is -0.0476. The molecule has 0 atom stereocenters. The van der Waals surface area contributed by atoms with Crippen LogP contribution in [0.1, 0.15) is 12.8 Å². The summed E-state index contributed by atoms with van der Waals surface area (Å²) in [6.07, 6.45) is 2.88. The summed E-state index contributed by atoms with van der Waals surface area (Å²) in [6, 6.07) is 1.42. The molecule has 0 saturated carbocycles. The normalized spacial score (nSPS) is 11.8. The average Bonchev–Trinajstić information content (AvgIpc) is 2.44. The summed E-state index contributed by atoms with van der Waals surface area (Å²) >= 11 is 8.98. The van der Waals surface area contributed by atoms with Crippen molar-refractivity contribution in [2.45, 2.75) is 17.7 Å². The molecule has 21 heavy (non-hydrogen) atoms. The van der Waals surface area contributed by atoms with Crippen LogP contribution in [0.3, 0.4) is 0 Å². The van der Waals surface area contributed by atoms with E-state index in [4.69, 9.17) is 21.1 Å². The fraction of sp³-hybridized carbons (Fsp3) is 0.583. The molecular weight excluding hydrogens is 384 g/mol. The molecule has 0 radical (unpaired) electrons. The van der Waals surface area contributed by atoms with Gasteiger partial charge in [0.2, 0.25) is 10.0 Å². The van der Waals surface area contributed by atoms with Gasteiger partial charge in [-0.1, -0.05) is 11.6 Å². The highest BCUT2D eigenvalue weighted by Gasteiger charge is 2.18. The van der Waals surface area contributed by atoms with Crippen LogP contribution >= 0.6 is 27.5 Å². The van der Waals surface area contributed by atoms with E-state index in [0.29, 0.717) is 37.3 Å². The van der Waals surface area contributed by atoms with Gasteiger partial charge in [0.1, 0.15) is 10.0 Å². The number of nitrogens with one attached hydrogen (secondary N) is 1. The molecule has 1 N–H and O–H groups in total. The molecule has 1 rings (SSSR count). The molecule has 0 amide bonds. The highest BCUT2D eigenvalue weighted by molar-refractivity contribution is 9.10. The van der Waals surface area contributed by atoms with E-state index >= 15 is 0 Å². The zero-order chi connectivity index (χ0) is 15.7. The van der Waals surface area contributed by atoms with Crippen LogP contribution in [0, 0.1) is 0 Å². The molecule has 120 valence electrons. The van der Waals surface area contributed by atoms with Crippen molar-refractivity contribution < 1.29 is 17.9 Å².